The Kier molecular flexibility index (Phi) is 5.86. The van der Waals surface area contributed by atoms with E-state index in [4.69, 9.17) is 4.42 Å². The molecule has 4 heteroatoms. The molecule has 0 spiro atoms. The largest absolute Gasteiger partial charge is 0.456 e. The third-order valence-corrected chi connectivity index (χ3v) is 12.8. The number of anilines is 2. The van der Waals surface area contributed by atoms with Gasteiger partial charge in [-0.25, -0.2) is 0 Å². The molecule has 0 fully saturated rings. The van der Waals surface area contributed by atoms with Crippen LogP contribution in [-0.2, 0) is 10.8 Å². The fourth-order valence-corrected chi connectivity index (χ4v) is 9.96. The quantitative estimate of drug-likeness (QED) is 0.171. The lowest BCUT2D eigenvalue weighted by Crippen LogP contribution is -2.60. The van der Waals surface area contributed by atoms with Gasteiger partial charge in [0.25, 0.3) is 0 Å². The molecule has 2 aromatic heterocycles. The topological polar surface area (TPSA) is 21.3 Å². The molecule has 0 bridgehead atoms. The van der Waals surface area contributed by atoms with Crippen LogP contribution >= 0.6 is 0 Å². The third kappa shape index (κ3) is 3.93. The second-order valence-corrected chi connectivity index (χ2v) is 16.9. The smallest absolute Gasteiger partial charge is 0.333 e. The summed E-state index contributed by atoms with van der Waals surface area (Å²) in [4.78, 5) is 2.60. The molecule has 52 heavy (non-hydrogen) atoms. The monoisotopic (exact) mass is 672 g/mol. The van der Waals surface area contributed by atoms with Gasteiger partial charge in [0.2, 0.25) is 0 Å². The van der Waals surface area contributed by atoms with E-state index in [0.29, 0.717) is 0 Å². The Morgan fingerprint density at radius 2 is 1.38 bits per heavy atom. The predicted octanol–water partition coefficient (Wildman–Crippen LogP) is 11.4. The summed E-state index contributed by atoms with van der Waals surface area (Å²) < 4.78 is 9.34. The molecule has 252 valence electrons. The molecule has 1 aliphatic carbocycles. The maximum atomic E-state index is 6.73. The van der Waals surface area contributed by atoms with Crippen LogP contribution in [0.25, 0.3) is 60.9 Å². The molecule has 0 radical (unpaired) electrons. The molecule has 0 unspecified atom stereocenters. The van der Waals surface area contributed by atoms with E-state index in [0.717, 1.165) is 22.3 Å². The lowest BCUT2D eigenvalue weighted by molar-refractivity contribution is 0.332. The highest BCUT2D eigenvalue weighted by Crippen LogP contribution is 2.51. The first kappa shape index (κ1) is 30.2. The molecule has 11 rings (SSSR count). The van der Waals surface area contributed by atoms with Gasteiger partial charge in [-0.3, -0.25) is 0 Å². The number of furan rings is 1. The van der Waals surface area contributed by atoms with Crippen LogP contribution in [0.5, 0.6) is 0 Å². The maximum absolute atomic E-state index is 6.73. The number of para-hydroxylation sites is 1. The SMILES string of the molecule is Cc1ccc(N2B3c4cc5cc(-c6ccccc6)oc5cc4-n4c5cc6c(cc5c5c(C)cc(c3c54)-c3ccccc32)C(C)(C)CCC6(C)C)cc1. The van der Waals surface area contributed by atoms with E-state index in [9.17, 15) is 0 Å². The first-order valence-corrected chi connectivity index (χ1v) is 18.8. The van der Waals surface area contributed by atoms with E-state index in [2.05, 4.69) is 166 Å². The predicted molar refractivity (Wildman–Crippen MR) is 220 cm³/mol. The Bertz CT molecular complexity index is 2820. The van der Waals surface area contributed by atoms with Gasteiger partial charge in [0.1, 0.15) is 11.3 Å². The molecule has 3 aliphatic rings. The van der Waals surface area contributed by atoms with Crippen molar-refractivity contribution in [3.8, 4) is 28.1 Å². The first-order chi connectivity index (χ1) is 25.1. The van der Waals surface area contributed by atoms with Gasteiger partial charge in [0, 0.05) is 50.4 Å². The van der Waals surface area contributed by atoms with E-state index >= 15 is 0 Å². The second-order valence-electron chi connectivity index (χ2n) is 16.9. The Morgan fingerprint density at radius 3 is 2.15 bits per heavy atom. The number of nitrogens with zero attached hydrogens (tertiary/aromatic N) is 2. The summed E-state index contributed by atoms with van der Waals surface area (Å²) in [5.74, 6) is 0.900. The first-order valence-electron chi connectivity index (χ1n) is 18.8. The molecule has 6 aromatic carbocycles. The van der Waals surface area contributed by atoms with E-state index in [1.54, 1.807) is 0 Å². The lowest BCUT2D eigenvalue weighted by atomic mass is 9.44. The summed E-state index contributed by atoms with van der Waals surface area (Å²) in [5, 5.41) is 3.86. The van der Waals surface area contributed by atoms with Crippen molar-refractivity contribution in [2.75, 3.05) is 4.81 Å². The van der Waals surface area contributed by atoms with Crippen molar-refractivity contribution in [1.82, 2.24) is 4.57 Å². The van der Waals surface area contributed by atoms with Crippen molar-refractivity contribution in [1.29, 1.82) is 0 Å². The average Bonchev–Trinajstić information content (AvgIpc) is 3.72. The number of rotatable bonds is 2. The zero-order valence-electron chi connectivity index (χ0n) is 30.8. The Hall–Kier alpha value is -5.48. The number of aromatic nitrogens is 1. The molecule has 0 saturated heterocycles. The van der Waals surface area contributed by atoms with Crippen molar-refractivity contribution in [2.45, 2.75) is 65.2 Å². The summed E-state index contributed by atoms with van der Waals surface area (Å²) in [6, 6.07) is 43.2. The summed E-state index contributed by atoms with van der Waals surface area (Å²) in [6.45, 7) is 14.2. The number of benzene rings is 6. The molecule has 4 heterocycles. The Labute approximate surface area is 305 Å². The minimum atomic E-state index is -0.0236. The van der Waals surface area contributed by atoms with Crippen LogP contribution in [0, 0.1) is 13.8 Å². The fraction of sp³-hybridized carbons (Fsp3) is 0.208. The normalized spacial score (nSPS) is 16.3. The molecule has 0 N–H and O–H groups in total. The van der Waals surface area contributed by atoms with Crippen molar-refractivity contribution in [2.24, 2.45) is 0 Å². The maximum Gasteiger partial charge on any atom is 0.333 e. The van der Waals surface area contributed by atoms with Crippen molar-refractivity contribution in [3.05, 3.63) is 138 Å². The standard InChI is InChI=1S/C48H41BN2O/c1-28-16-18-32(19-17-28)51-39-15-11-10-14-33(39)34-22-29(2)44-35-25-36-37(48(5,6)21-20-47(36,3)4)26-40(35)50-41-27-43-31(23-38(41)49(51)45(34)46(44)50)24-42(52-43)30-12-8-7-9-13-30/h7-19,22-27H,20-21H2,1-6H3. The van der Waals surface area contributed by atoms with Gasteiger partial charge in [-0.05, 0) is 107 Å². The highest BCUT2D eigenvalue weighted by atomic mass is 16.3. The molecular formula is C48H41BN2O. The van der Waals surface area contributed by atoms with Gasteiger partial charge in [-0.2, -0.15) is 0 Å². The summed E-state index contributed by atoms with van der Waals surface area (Å²) in [7, 11) is 0. The molecule has 0 amide bonds. The lowest BCUT2D eigenvalue weighted by Gasteiger charge is -2.42. The zero-order valence-corrected chi connectivity index (χ0v) is 30.8. The minimum Gasteiger partial charge on any atom is -0.456 e. The minimum absolute atomic E-state index is 0.0236. The van der Waals surface area contributed by atoms with Crippen LogP contribution in [0.3, 0.4) is 0 Å². The third-order valence-electron chi connectivity index (χ3n) is 12.8. The zero-order chi connectivity index (χ0) is 35.3. The van der Waals surface area contributed by atoms with Crippen LogP contribution < -0.4 is 15.7 Å². The van der Waals surface area contributed by atoms with Crippen molar-refractivity contribution < 1.29 is 4.42 Å². The van der Waals surface area contributed by atoms with Crippen LogP contribution in [0.2, 0.25) is 0 Å². The summed E-state index contributed by atoms with van der Waals surface area (Å²) >= 11 is 0. The number of fused-ring (bicyclic) bond motifs is 10. The van der Waals surface area contributed by atoms with Crippen LogP contribution in [-0.4, -0.2) is 11.4 Å². The van der Waals surface area contributed by atoms with E-state index < -0.39 is 0 Å². The van der Waals surface area contributed by atoms with E-state index in [1.807, 2.05) is 0 Å². The fourth-order valence-electron chi connectivity index (χ4n) is 9.96. The number of hydrogen-bond donors (Lipinski definition) is 0. The molecule has 2 aliphatic heterocycles. The van der Waals surface area contributed by atoms with Gasteiger partial charge in [0.05, 0.1) is 11.0 Å². The second kappa shape index (κ2) is 10.1. The highest BCUT2D eigenvalue weighted by Gasteiger charge is 2.45. The number of hydrogen-bond acceptors (Lipinski definition) is 2. The molecule has 8 aromatic rings. The average molecular weight is 673 g/mol. The van der Waals surface area contributed by atoms with Gasteiger partial charge in [0.15, 0.2) is 0 Å². The highest BCUT2D eigenvalue weighted by molar-refractivity contribution is 6.93. The van der Waals surface area contributed by atoms with Crippen LogP contribution in [0.15, 0.2) is 120 Å². The molecule has 3 nitrogen and oxygen atoms in total. The molecular weight excluding hydrogens is 631 g/mol. The van der Waals surface area contributed by atoms with Crippen molar-refractivity contribution in [3.63, 3.8) is 0 Å². The van der Waals surface area contributed by atoms with E-state index in [-0.39, 0.29) is 17.7 Å². The van der Waals surface area contributed by atoms with Crippen LogP contribution in [0.4, 0.5) is 11.4 Å². The molecule has 0 saturated carbocycles. The van der Waals surface area contributed by atoms with Gasteiger partial charge >= 0.3 is 6.85 Å². The van der Waals surface area contributed by atoms with Crippen molar-refractivity contribution >= 4 is 61.9 Å². The number of aryl methyl sites for hydroxylation is 2. The summed E-state index contributed by atoms with van der Waals surface area (Å²) in [5.41, 5.74) is 19.4. The Balaban J connectivity index is 1.32. The van der Waals surface area contributed by atoms with E-state index in [1.165, 1.54) is 96.0 Å². The van der Waals surface area contributed by atoms with Gasteiger partial charge in [-0.15, -0.1) is 0 Å². The van der Waals surface area contributed by atoms with Crippen LogP contribution in [0.1, 0.15) is 62.8 Å². The molecule has 0 atom stereocenters. The van der Waals surface area contributed by atoms with Gasteiger partial charge in [-0.1, -0.05) is 106 Å². The Morgan fingerprint density at radius 1 is 0.673 bits per heavy atom. The summed E-state index contributed by atoms with van der Waals surface area (Å²) in [6.07, 6.45) is 2.38. The van der Waals surface area contributed by atoms with Gasteiger partial charge < -0.3 is 13.8 Å².